The Morgan fingerprint density at radius 2 is 0.891 bits per heavy atom. The predicted molar refractivity (Wildman–Crippen MR) is 233 cm³/mol. The number of hydrogen-bond donors (Lipinski definition) is 2. The second-order valence-corrected chi connectivity index (χ2v) is 19.2. The highest BCUT2D eigenvalue weighted by atomic mass is 31.2. The van der Waals surface area contributed by atoms with Crippen molar-refractivity contribution in [3.05, 3.63) is 0 Å². The van der Waals surface area contributed by atoms with Gasteiger partial charge in [0.2, 0.25) is 5.91 Å². The molecule has 0 aliphatic rings. The van der Waals surface area contributed by atoms with Gasteiger partial charge in [-0.25, -0.2) is 0 Å². The molecule has 330 valence electrons. The lowest BCUT2D eigenvalue weighted by Crippen LogP contribution is -2.46. The van der Waals surface area contributed by atoms with Crippen molar-refractivity contribution < 1.29 is 32.9 Å². The van der Waals surface area contributed by atoms with Crippen molar-refractivity contribution >= 4 is 13.7 Å². The van der Waals surface area contributed by atoms with Crippen LogP contribution < -0.4 is 10.2 Å². The zero-order valence-corrected chi connectivity index (χ0v) is 38.3. The average Bonchev–Trinajstić information content (AvgIpc) is 3.13. The minimum atomic E-state index is -4.56. The lowest BCUT2D eigenvalue weighted by atomic mass is 10.0. The Bertz CT molecular complexity index is 870. The van der Waals surface area contributed by atoms with Crippen LogP contribution in [0.5, 0.6) is 0 Å². The summed E-state index contributed by atoms with van der Waals surface area (Å²) in [7, 11) is 1.32. The third-order valence-electron chi connectivity index (χ3n) is 11.1. The van der Waals surface area contributed by atoms with E-state index in [9.17, 15) is 19.4 Å². The van der Waals surface area contributed by atoms with Gasteiger partial charge in [-0.05, 0) is 12.8 Å². The average molecular weight is 803 g/mol. The molecule has 0 radical (unpaired) electrons. The third kappa shape index (κ3) is 41.5. The summed E-state index contributed by atoms with van der Waals surface area (Å²) in [5, 5.41) is 13.9. The zero-order valence-electron chi connectivity index (χ0n) is 37.4. The van der Waals surface area contributed by atoms with E-state index in [4.69, 9.17) is 9.05 Å². The van der Waals surface area contributed by atoms with E-state index in [0.29, 0.717) is 23.9 Å². The fourth-order valence-corrected chi connectivity index (χ4v) is 8.00. The van der Waals surface area contributed by atoms with Crippen LogP contribution in [0.3, 0.4) is 0 Å². The number of carbonyl (C=O) groups excluding carboxylic acids is 1. The number of carbonyl (C=O) groups is 1. The zero-order chi connectivity index (χ0) is 40.7. The van der Waals surface area contributed by atoms with E-state index in [-0.39, 0.29) is 19.1 Å². The molecule has 0 aromatic rings. The van der Waals surface area contributed by atoms with Crippen LogP contribution in [0.1, 0.15) is 239 Å². The largest absolute Gasteiger partial charge is 0.756 e. The number of unbranched alkanes of at least 4 members (excludes halogenated alkanes) is 31. The van der Waals surface area contributed by atoms with Crippen molar-refractivity contribution in [1.82, 2.24) is 5.32 Å². The Morgan fingerprint density at radius 3 is 1.24 bits per heavy atom. The molecule has 3 unspecified atom stereocenters. The van der Waals surface area contributed by atoms with Gasteiger partial charge in [0.25, 0.3) is 7.82 Å². The molecule has 0 aromatic heterocycles. The maximum absolute atomic E-state index is 12.9. The molecule has 3 atom stereocenters. The van der Waals surface area contributed by atoms with Crippen molar-refractivity contribution in [2.75, 3.05) is 40.9 Å². The lowest BCUT2D eigenvalue weighted by Gasteiger charge is -2.30. The molecule has 55 heavy (non-hydrogen) atoms. The summed E-state index contributed by atoms with van der Waals surface area (Å²) in [6, 6.07) is -0.793. The molecule has 0 aliphatic heterocycles. The molecular weight excluding hydrogens is 707 g/mol. The van der Waals surface area contributed by atoms with Gasteiger partial charge < -0.3 is 28.8 Å². The van der Waals surface area contributed by atoms with Crippen molar-refractivity contribution in [3.8, 4) is 0 Å². The van der Waals surface area contributed by atoms with E-state index in [1.165, 1.54) is 173 Å². The van der Waals surface area contributed by atoms with Crippen LogP contribution in [0.25, 0.3) is 0 Å². The van der Waals surface area contributed by atoms with Crippen molar-refractivity contribution in [2.24, 2.45) is 0 Å². The Kier molecular flexibility index (Phi) is 38.6. The molecule has 2 N–H and O–H groups in total. The molecule has 0 saturated carbocycles. The van der Waals surface area contributed by atoms with Gasteiger partial charge >= 0.3 is 0 Å². The molecule has 0 aromatic carbocycles. The summed E-state index contributed by atoms with van der Waals surface area (Å²) in [5.41, 5.74) is 0. The normalized spacial score (nSPS) is 14.2. The van der Waals surface area contributed by atoms with Crippen LogP contribution in [-0.4, -0.2) is 68.5 Å². The second-order valence-electron chi connectivity index (χ2n) is 17.8. The topological polar surface area (TPSA) is 108 Å². The monoisotopic (exact) mass is 803 g/mol. The first kappa shape index (κ1) is 54.5. The van der Waals surface area contributed by atoms with E-state index in [2.05, 4.69) is 19.2 Å². The summed E-state index contributed by atoms with van der Waals surface area (Å²) in [5.74, 6) is -0.160. The number of phosphoric acid groups is 1. The molecule has 0 spiro atoms. The summed E-state index contributed by atoms with van der Waals surface area (Å²) >= 11 is 0. The SMILES string of the molecule is CCCCCCCCCCCCCCCCCCCCCC(=O)NC(COP(=O)([O-])OCC[N+](C)(C)C)C(O)CCCCCCCCCCCCCCCC. The number of phosphoric ester groups is 1. The fraction of sp³-hybridized carbons (Fsp3) is 0.978. The number of aliphatic hydroxyl groups is 1. The molecular formula is C46H95N2O6P. The Morgan fingerprint density at radius 1 is 0.564 bits per heavy atom. The Labute approximate surface area is 342 Å². The van der Waals surface area contributed by atoms with E-state index in [1.807, 2.05) is 21.1 Å². The van der Waals surface area contributed by atoms with E-state index < -0.39 is 20.0 Å². The highest BCUT2D eigenvalue weighted by molar-refractivity contribution is 7.45. The van der Waals surface area contributed by atoms with E-state index in [0.717, 1.165) is 38.5 Å². The summed E-state index contributed by atoms with van der Waals surface area (Å²) < 4.78 is 23.3. The number of nitrogens with one attached hydrogen (secondary N) is 1. The minimum Gasteiger partial charge on any atom is -0.756 e. The van der Waals surface area contributed by atoms with Gasteiger partial charge in [-0.3, -0.25) is 9.36 Å². The molecule has 0 aliphatic carbocycles. The number of quaternary nitrogens is 1. The molecule has 0 heterocycles. The Balaban J connectivity index is 4.25. The number of nitrogens with zero attached hydrogens (tertiary/aromatic N) is 1. The summed E-state index contributed by atoms with van der Waals surface area (Å²) in [6.45, 7) is 4.75. The molecule has 0 bridgehead atoms. The first-order chi connectivity index (χ1) is 26.5. The van der Waals surface area contributed by atoms with Crippen LogP contribution in [0.4, 0.5) is 0 Å². The van der Waals surface area contributed by atoms with Crippen molar-refractivity contribution in [1.29, 1.82) is 0 Å². The number of rotatable bonds is 44. The minimum absolute atomic E-state index is 0.0162. The van der Waals surface area contributed by atoms with Crippen LogP contribution in [0.2, 0.25) is 0 Å². The predicted octanol–water partition coefficient (Wildman–Crippen LogP) is 12.7. The van der Waals surface area contributed by atoms with Crippen LogP contribution in [-0.2, 0) is 18.4 Å². The number of hydrogen-bond acceptors (Lipinski definition) is 6. The van der Waals surface area contributed by atoms with E-state index >= 15 is 0 Å². The van der Waals surface area contributed by atoms with Crippen LogP contribution in [0.15, 0.2) is 0 Å². The lowest BCUT2D eigenvalue weighted by molar-refractivity contribution is -0.870. The smallest absolute Gasteiger partial charge is 0.268 e. The molecule has 1 amide bonds. The molecule has 0 fully saturated rings. The number of likely N-dealkylation sites (N-methyl/N-ethyl adjacent to an activating group) is 1. The van der Waals surface area contributed by atoms with Gasteiger partial charge in [0, 0.05) is 6.42 Å². The van der Waals surface area contributed by atoms with Crippen LogP contribution >= 0.6 is 7.82 Å². The molecule has 9 heteroatoms. The van der Waals surface area contributed by atoms with Gasteiger partial charge in [-0.1, -0.05) is 219 Å². The molecule has 8 nitrogen and oxygen atoms in total. The maximum atomic E-state index is 12.9. The second kappa shape index (κ2) is 39.0. The fourth-order valence-electron chi connectivity index (χ4n) is 7.28. The van der Waals surface area contributed by atoms with Crippen molar-refractivity contribution in [2.45, 2.75) is 251 Å². The standard InChI is InChI=1S/C46H95N2O6P/c1-6-8-10-12-14-16-18-20-22-23-24-25-26-28-30-32-34-36-38-40-46(50)47-44(43-54-55(51,52)53-42-41-48(3,4)5)45(49)39-37-35-33-31-29-27-21-19-17-15-13-11-9-7-2/h44-45,49H,6-43H2,1-5H3,(H-,47,50,51,52). The summed E-state index contributed by atoms with van der Waals surface area (Å²) in [4.78, 5) is 25.4. The van der Waals surface area contributed by atoms with Gasteiger partial charge in [-0.2, -0.15) is 0 Å². The Hall–Kier alpha value is -0.500. The quantitative estimate of drug-likeness (QED) is 0.0361. The number of amides is 1. The van der Waals surface area contributed by atoms with Crippen molar-refractivity contribution in [3.63, 3.8) is 0 Å². The summed E-state index contributed by atoms with van der Waals surface area (Å²) in [6.07, 6.45) is 42.4. The highest BCUT2D eigenvalue weighted by Gasteiger charge is 2.24. The first-order valence-corrected chi connectivity index (χ1v) is 25.3. The highest BCUT2D eigenvalue weighted by Crippen LogP contribution is 2.38. The maximum Gasteiger partial charge on any atom is 0.268 e. The van der Waals surface area contributed by atoms with Crippen LogP contribution in [0, 0.1) is 0 Å². The first-order valence-electron chi connectivity index (χ1n) is 23.9. The molecule has 0 rings (SSSR count). The number of aliphatic hydroxyl groups excluding tert-OH is 1. The van der Waals surface area contributed by atoms with Gasteiger partial charge in [-0.15, -0.1) is 0 Å². The van der Waals surface area contributed by atoms with Gasteiger partial charge in [0.1, 0.15) is 13.2 Å². The van der Waals surface area contributed by atoms with Gasteiger partial charge in [0.05, 0.1) is 39.9 Å². The molecule has 0 saturated heterocycles. The van der Waals surface area contributed by atoms with E-state index in [1.54, 1.807) is 0 Å². The third-order valence-corrected chi connectivity index (χ3v) is 12.1. The van der Waals surface area contributed by atoms with Gasteiger partial charge in [0.15, 0.2) is 0 Å².